The Balaban J connectivity index is 1.68. The molecule has 1 atom stereocenters. The van der Waals surface area contributed by atoms with Gasteiger partial charge in [0, 0.05) is 5.69 Å². The Morgan fingerprint density at radius 2 is 1.84 bits per heavy atom. The number of anilines is 1. The van der Waals surface area contributed by atoms with Gasteiger partial charge in [0.05, 0.1) is 30.7 Å². The van der Waals surface area contributed by atoms with E-state index in [-0.39, 0.29) is 22.3 Å². The molecule has 0 fully saturated rings. The number of fused-ring (bicyclic) bond motifs is 2. The second-order valence-corrected chi connectivity index (χ2v) is 9.20. The van der Waals surface area contributed by atoms with Crippen molar-refractivity contribution in [3.05, 3.63) is 99.2 Å². The van der Waals surface area contributed by atoms with Gasteiger partial charge in [-0.15, -0.1) is 0 Å². The van der Waals surface area contributed by atoms with E-state index in [0.29, 0.717) is 29.4 Å². The topological polar surface area (TPSA) is 69.0 Å². The van der Waals surface area contributed by atoms with Crippen molar-refractivity contribution in [3.63, 3.8) is 0 Å². The van der Waals surface area contributed by atoms with Crippen molar-refractivity contribution in [2.45, 2.75) is 39.2 Å². The first-order valence-electron chi connectivity index (χ1n) is 12.4. The molecule has 0 saturated carbocycles. The van der Waals surface area contributed by atoms with Crippen LogP contribution in [0.4, 0.5) is 10.1 Å². The molecule has 0 aliphatic carbocycles. The summed E-state index contributed by atoms with van der Waals surface area (Å²) in [6.07, 6.45) is 3.08. The molecule has 0 N–H and O–H groups in total. The van der Waals surface area contributed by atoms with E-state index >= 15 is 0 Å². The van der Waals surface area contributed by atoms with Gasteiger partial charge >= 0.3 is 0 Å². The van der Waals surface area contributed by atoms with E-state index in [0.717, 1.165) is 30.9 Å². The van der Waals surface area contributed by atoms with Crippen LogP contribution >= 0.6 is 0 Å². The second kappa shape index (κ2) is 10.1. The number of amides is 1. The minimum atomic E-state index is -0.795. The van der Waals surface area contributed by atoms with Crippen LogP contribution in [-0.2, 0) is 0 Å². The maximum atomic E-state index is 14.1. The standard InChI is InChI=1S/C30H28FNO5/c1-4-5-6-14-36-24-12-10-19(16-25(24)35-3)27-26-28(33)22-17-20(31)11-13-23(22)37-29(26)30(34)32(27)21-9-7-8-18(2)15-21/h7-13,15-17,27H,4-6,14H2,1-3H3. The van der Waals surface area contributed by atoms with Crippen molar-refractivity contribution in [1.82, 2.24) is 0 Å². The van der Waals surface area contributed by atoms with Gasteiger partial charge in [-0.1, -0.05) is 38.0 Å². The van der Waals surface area contributed by atoms with Crippen molar-refractivity contribution in [3.8, 4) is 11.5 Å². The summed E-state index contributed by atoms with van der Waals surface area (Å²) in [4.78, 5) is 29.0. The minimum absolute atomic E-state index is 0.0468. The predicted molar refractivity (Wildman–Crippen MR) is 140 cm³/mol. The first-order chi connectivity index (χ1) is 17.9. The number of halogens is 1. The second-order valence-electron chi connectivity index (χ2n) is 9.20. The molecule has 0 radical (unpaired) electrons. The van der Waals surface area contributed by atoms with Gasteiger partial charge in [-0.3, -0.25) is 14.5 Å². The van der Waals surface area contributed by atoms with Crippen LogP contribution in [0, 0.1) is 12.7 Å². The molecule has 1 amide bonds. The average Bonchev–Trinajstić information content (AvgIpc) is 3.19. The fraction of sp³-hybridized carbons (Fsp3) is 0.267. The molecule has 1 aliphatic rings. The van der Waals surface area contributed by atoms with E-state index in [1.54, 1.807) is 24.1 Å². The molecule has 0 bridgehead atoms. The van der Waals surface area contributed by atoms with E-state index in [1.165, 1.54) is 12.1 Å². The SMILES string of the molecule is CCCCCOc1ccc(C2c3c(oc4ccc(F)cc4c3=O)C(=O)N2c2cccc(C)c2)cc1OC. The van der Waals surface area contributed by atoms with Crippen LogP contribution < -0.4 is 19.8 Å². The third-order valence-electron chi connectivity index (χ3n) is 6.62. The Morgan fingerprint density at radius 1 is 1.00 bits per heavy atom. The van der Waals surface area contributed by atoms with Gasteiger partial charge < -0.3 is 13.9 Å². The van der Waals surface area contributed by atoms with E-state index in [9.17, 15) is 14.0 Å². The summed E-state index contributed by atoms with van der Waals surface area (Å²) in [5.41, 5.74) is 2.12. The molecule has 1 aromatic heterocycles. The van der Waals surface area contributed by atoms with Crippen LogP contribution in [0.3, 0.4) is 0 Å². The monoisotopic (exact) mass is 501 g/mol. The molecule has 6 nitrogen and oxygen atoms in total. The van der Waals surface area contributed by atoms with Crippen LogP contribution in [0.15, 0.2) is 69.9 Å². The number of nitrogens with zero attached hydrogens (tertiary/aromatic N) is 1. The quantitative estimate of drug-likeness (QED) is 0.256. The van der Waals surface area contributed by atoms with Crippen molar-refractivity contribution < 1.29 is 23.1 Å². The number of benzene rings is 3. The highest BCUT2D eigenvalue weighted by molar-refractivity contribution is 6.10. The number of methoxy groups -OCH3 is 1. The van der Waals surface area contributed by atoms with Gasteiger partial charge in [-0.05, 0) is 66.9 Å². The lowest BCUT2D eigenvalue weighted by molar-refractivity contribution is 0.0971. The fourth-order valence-electron chi connectivity index (χ4n) is 4.81. The molecule has 37 heavy (non-hydrogen) atoms. The summed E-state index contributed by atoms with van der Waals surface area (Å²) in [5, 5.41) is 0.0884. The number of aryl methyl sites for hydroxylation is 1. The lowest BCUT2D eigenvalue weighted by Crippen LogP contribution is -2.29. The minimum Gasteiger partial charge on any atom is -0.493 e. The van der Waals surface area contributed by atoms with Crippen LogP contribution in [0.2, 0.25) is 0 Å². The Bertz CT molecular complexity index is 1540. The lowest BCUT2D eigenvalue weighted by Gasteiger charge is -2.26. The highest BCUT2D eigenvalue weighted by Crippen LogP contribution is 2.43. The van der Waals surface area contributed by atoms with Gasteiger partial charge in [-0.2, -0.15) is 0 Å². The number of hydrogen-bond donors (Lipinski definition) is 0. The molecule has 4 aromatic rings. The lowest BCUT2D eigenvalue weighted by atomic mass is 9.97. The Morgan fingerprint density at radius 3 is 2.59 bits per heavy atom. The van der Waals surface area contributed by atoms with Crippen molar-refractivity contribution in [2.75, 3.05) is 18.6 Å². The summed E-state index contributed by atoms with van der Waals surface area (Å²) in [6.45, 7) is 4.62. The summed E-state index contributed by atoms with van der Waals surface area (Å²) in [5.74, 6) is 0.0431. The molecule has 7 heteroatoms. The molecule has 5 rings (SSSR count). The zero-order valence-electron chi connectivity index (χ0n) is 21.0. The predicted octanol–water partition coefficient (Wildman–Crippen LogP) is 6.57. The third kappa shape index (κ3) is 4.46. The molecule has 1 aliphatic heterocycles. The van der Waals surface area contributed by atoms with E-state index in [4.69, 9.17) is 13.9 Å². The number of rotatable bonds is 8. The van der Waals surface area contributed by atoms with Crippen LogP contribution in [-0.4, -0.2) is 19.6 Å². The fourth-order valence-corrected chi connectivity index (χ4v) is 4.81. The third-order valence-corrected chi connectivity index (χ3v) is 6.62. The van der Waals surface area contributed by atoms with Gasteiger partial charge in [0.15, 0.2) is 16.9 Å². The van der Waals surface area contributed by atoms with Crippen LogP contribution in [0.5, 0.6) is 11.5 Å². The smallest absolute Gasteiger partial charge is 0.295 e. The first kappa shape index (κ1) is 24.6. The van der Waals surface area contributed by atoms with Gasteiger partial charge in [-0.25, -0.2) is 4.39 Å². The highest BCUT2D eigenvalue weighted by Gasteiger charge is 2.44. The Kier molecular flexibility index (Phi) is 6.70. The summed E-state index contributed by atoms with van der Waals surface area (Å²) >= 11 is 0. The number of unbranched alkanes of at least 4 members (excludes halogenated alkanes) is 2. The zero-order valence-corrected chi connectivity index (χ0v) is 21.0. The van der Waals surface area contributed by atoms with Crippen molar-refractivity contribution in [2.24, 2.45) is 0 Å². The first-order valence-corrected chi connectivity index (χ1v) is 12.4. The molecular weight excluding hydrogens is 473 g/mol. The highest BCUT2D eigenvalue weighted by atomic mass is 19.1. The van der Waals surface area contributed by atoms with Crippen molar-refractivity contribution >= 4 is 22.6 Å². The Labute approximate surface area is 214 Å². The number of hydrogen-bond acceptors (Lipinski definition) is 5. The van der Waals surface area contributed by atoms with E-state index in [2.05, 4.69) is 6.92 Å². The van der Waals surface area contributed by atoms with Crippen molar-refractivity contribution in [1.29, 1.82) is 0 Å². The maximum Gasteiger partial charge on any atom is 0.295 e. The number of carbonyl (C=O) groups is 1. The van der Waals surface area contributed by atoms with E-state index in [1.807, 2.05) is 37.3 Å². The van der Waals surface area contributed by atoms with Gasteiger partial charge in [0.1, 0.15) is 11.4 Å². The number of ether oxygens (including phenoxy) is 2. The number of carbonyl (C=O) groups excluding carboxylic acids is 1. The van der Waals surface area contributed by atoms with E-state index < -0.39 is 23.2 Å². The molecule has 3 aromatic carbocycles. The zero-order chi connectivity index (χ0) is 26.1. The molecule has 0 spiro atoms. The average molecular weight is 502 g/mol. The van der Waals surface area contributed by atoms with Gasteiger partial charge in [0.25, 0.3) is 5.91 Å². The van der Waals surface area contributed by atoms with Crippen LogP contribution in [0.25, 0.3) is 11.0 Å². The summed E-state index contributed by atoms with van der Waals surface area (Å²) in [6, 6.07) is 15.8. The van der Waals surface area contributed by atoms with Gasteiger partial charge in [0.2, 0.25) is 5.76 Å². The molecule has 0 saturated heterocycles. The Hall–Kier alpha value is -4.13. The molecule has 1 unspecified atom stereocenters. The summed E-state index contributed by atoms with van der Waals surface area (Å²) in [7, 11) is 1.55. The normalized spacial score (nSPS) is 14.8. The molecular formula is C30H28FNO5. The summed E-state index contributed by atoms with van der Waals surface area (Å²) < 4.78 is 31.5. The molecule has 190 valence electrons. The largest absolute Gasteiger partial charge is 0.493 e. The maximum absolute atomic E-state index is 14.1. The van der Waals surface area contributed by atoms with Crippen LogP contribution in [0.1, 0.15) is 59.5 Å². The molecule has 2 heterocycles.